The maximum atomic E-state index is 6.27. The smallest absolute Gasteiger partial charge is 0.0512 e. The van der Waals surface area contributed by atoms with Crippen molar-refractivity contribution in [2.75, 3.05) is 13.2 Å². The second-order valence-corrected chi connectivity index (χ2v) is 6.39. The van der Waals surface area contributed by atoms with Gasteiger partial charge in [-0.05, 0) is 43.4 Å². The number of hydrogen-bond donors (Lipinski definition) is 1. The first-order valence-electron chi connectivity index (χ1n) is 7.00. The molecule has 0 amide bonds. The van der Waals surface area contributed by atoms with E-state index in [0.717, 1.165) is 47.7 Å². The lowest BCUT2D eigenvalue weighted by molar-refractivity contribution is 0.0316. The number of halogens is 2. The SMILES string of the molecule is Clc1cccc(Cl)c1C[C@@H]1COCC[C@H]1NC1CC1. The summed E-state index contributed by atoms with van der Waals surface area (Å²) < 4.78 is 5.64. The number of nitrogens with one attached hydrogen (secondary N) is 1. The van der Waals surface area contributed by atoms with Crippen LogP contribution in [-0.2, 0) is 11.2 Å². The Morgan fingerprint density at radius 2 is 1.89 bits per heavy atom. The van der Waals surface area contributed by atoms with Gasteiger partial charge in [-0.1, -0.05) is 29.3 Å². The summed E-state index contributed by atoms with van der Waals surface area (Å²) in [6.45, 7) is 1.66. The zero-order chi connectivity index (χ0) is 13.2. The van der Waals surface area contributed by atoms with Crippen LogP contribution < -0.4 is 5.32 Å². The first kappa shape index (κ1) is 13.7. The van der Waals surface area contributed by atoms with Crippen LogP contribution in [-0.4, -0.2) is 25.3 Å². The largest absolute Gasteiger partial charge is 0.381 e. The van der Waals surface area contributed by atoms with E-state index in [1.54, 1.807) is 0 Å². The summed E-state index contributed by atoms with van der Waals surface area (Å²) in [7, 11) is 0. The van der Waals surface area contributed by atoms with Crippen molar-refractivity contribution < 1.29 is 4.74 Å². The van der Waals surface area contributed by atoms with Crippen LogP contribution in [0.1, 0.15) is 24.8 Å². The van der Waals surface area contributed by atoms with Gasteiger partial charge in [-0.3, -0.25) is 0 Å². The summed E-state index contributed by atoms with van der Waals surface area (Å²) in [4.78, 5) is 0. The third-order valence-corrected chi connectivity index (χ3v) is 4.74. The fourth-order valence-corrected chi connectivity index (χ4v) is 3.31. The molecule has 2 fully saturated rings. The van der Waals surface area contributed by atoms with Crippen molar-refractivity contribution in [3.8, 4) is 0 Å². The highest BCUT2D eigenvalue weighted by Gasteiger charge is 2.32. The van der Waals surface area contributed by atoms with Crippen molar-refractivity contribution in [3.05, 3.63) is 33.8 Å². The number of hydrogen-bond acceptors (Lipinski definition) is 2. The molecule has 2 aliphatic rings. The zero-order valence-corrected chi connectivity index (χ0v) is 12.4. The van der Waals surface area contributed by atoms with E-state index in [-0.39, 0.29) is 0 Å². The standard InChI is InChI=1S/C15H19Cl2NO/c16-13-2-1-3-14(17)12(13)8-10-9-19-7-6-15(10)18-11-4-5-11/h1-3,10-11,15,18H,4-9H2/t10-,15-/m1/s1. The molecule has 3 rings (SSSR count). The molecular formula is C15H19Cl2NO. The second-order valence-electron chi connectivity index (χ2n) is 5.58. The highest BCUT2D eigenvalue weighted by Crippen LogP contribution is 2.31. The summed E-state index contributed by atoms with van der Waals surface area (Å²) in [6, 6.07) is 6.98. The van der Waals surface area contributed by atoms with Crippen LogP contribution in [0.5, 0.6) is 0 Å². The van der Waals surface area contributed by atoms with Crippen LogP contribution >= 0.6 is 23.2 Å². The van der Waals surface area contributed by atoms with Crippen LogP contribution in [0.2, 0.25) is 10.0 Å². The van der Waals surface area contributed by atoms with Crippen molar-refractivity contribution in [2.24, 2.45) is 5.92 Å². The molecule has 1 aliphatic carbocycles. The number of ether oxygens (including phenoxy) is 1. The molecule has 104 valence electrons. The zero-order valence-electron chi connectivity index (χ0n) is 10.9. The Morgan fingerprint density at radius 1 is 1.16 bits per heavy atom. The average molecular weight is 300 g/mol. The summed E-state index contributed by atoms with van der Waals surface area (Å²) >= 11 is 12.5. The fourth-order valence-electron chi connectivity index (χ4n) is 2.76. The van der Waals surface area contributed by atoms with E-state index in [1.807, 2.05) is 18.2 Å². The Bertz CT molecular complexity index is 428. The van der Waals surface area contributed by atoms with E-state index < -0.39 is 0 Å². The van der Waals surface area contributed by atoms with E-state index >= 15 is 0 Å². The topological polar surface area (TPSA) is 21.3 Å². The molecule has 0 spiro atoms. The van der Waals surface area contributed by atoms with Gasteiger partial charge in [0.15, 0.2) is 0 Å². The highest BCUT2D eigenvalue weighted by atomic mass is 35.5. The van der Waals surface area contributed by atoms with Crippen molar-refractivity contribution in [1.29, 1.82) is 0 Å². The van der Waals surface area contributed by atoms with E-state index in [1.165, 1.54) is 12.8 Å². The predicted octanol–water partition coefficient (Wildman–Crippen LogP) is 3.69. The molecule has 1 saturated heterocycles. The van der Waals surface area contributed by atoms with Gasteiger partial charge in [-0.2, -0.15) is 0 Å². The van der Waals surface area contributed by atoms with Crippen LogP contribution in [0.15, 0.2) is 18.2 Å². The first-order valence-corrected chi connectivity index (χ1v) is 7.76. The van der Waals surface area contributed by atoms with Crippen LogP contribution in [0.25, 0.3) is 0 Å². The Balaban J connectivity index is 1.71. The van der Waals surface area contributed by atoms with Crippen LogP contribution in [0, 0.1) is 5.92 Å². The maximum Gasteiger partial charge on any atom is 0.0512 e. The van der Waals surface area contributed by atoms with E-state index in [9.17, 15) is 0 Å². The van der Waals surface area contributed by atoms with E-state index in [2.05, 4.69) is 5.32 Å². The molecular weight excluding hydrogens is 281 g/mol. The van der Waals surface area contributed by atoms with Crippen LogP contribution in [0.3, 0.4) is 0 Å². The lowest BCUT2D eigenvalue weighted by Crippen LogP contribution is -2.44. The van der Waals surface area contributed by atoms with Gasteiger partial charge < -0.3 is 10.1 Å². The van der Waals surface area contributed by atoms with Crippen LogP contribution in [0.4, 0.5) is 0 Å². The van der Waals surface area contributed by atoms with Gasteiger partial charge in [0.25, 0.3) is 0 Å². The molecule has 0 unspecified atom stereocenters. The fraction of sp³-hybridized carbons (Fsp3) is 0.600. The quantitative estimate of drug-likeness (QED) is 0.915. The summed E-state index contributed by atoms with van der Waals surface area (Å²) in [6.07, 6.45) is 4.61. The molecule has 0 aromatic heterocycles. The highest BCUT2D eigenvalue weighted by molar-refractivity contribution is 6.35. The monoisotopic (exact) mass is 299 g/mol. The van der Waals surface area contributed by atoms with Gasteiger partial charge in [-0.25, -0.2) is 0 Å². The Labute approximate surface area is 124 Å². The number of benzene rings is 1. The van der Waals surface area contributed by atoms with Crippen molar-refractivity contribution in [3.63, 3.8) is 0 Å². The Morgan fingerprint density at radius 3 is 2.58 bits per heavy atom. The average Bonchev–Trinajstić information content (AvgIpc) is 3.20. The van der Waals surface area contributed by atoms with Crippen molar-refractivity contribution in [2.45, 2.75) is 37.8 Å². The molecule has 1 saturated carbocycles. The van der Waals surface area contributed by atoms with Crippen molar-refractivity contribution in [1.82, 2.24) is 5.32 Å². The lowest BCUT2D eigenvalue weighted by atomic mass is 9.89. The maximum absolute atomic E-state index is 6.27. The minimum absolute atomic E-state index is 0.465. The van der Waals surface area contributed by atoms with Gasteiger partial charge in [0.2, 0.25) is 0 Å². The molecule has 1 heterocycles. The first-order chi connectivity index (χ1) is 9.24. The van der Waals surface area contributed by atoms with Crippen molar-refractivity contribution >= 4 is 23.2 Å². The summed E-state index contributed by atoms with van der Waals surface area (Å²) in [5.74, 6) is 0.465. The minimum Gasteiger partial charge on any atom is -0.381 e. The molecule has 2 nitrogen and oxygen atoms in total. The van der Waals surface area contributed by atoms with Gasteiger partial charge in [0.05, 0.1) is 6.61 Å². The third kappa shape index (κ3) is 3.43. The van der Waals surface area contributed by atoms with E-state index in [4.69, 9.17) is 27.9 Å². The van der Waals surface area contributed by atoms with E-state index in [0.29, 0.717) is 12.0 Å². The summed E-state index contributed by atoms with van der Waals surface area (Å²) in [5.41, 5.74) is 1.06. The summed E-state index contributed by atoms with van der Waals surface area (Å²) in [5, 5.41) is 5.27. The molecule has 19 heavy (non-hydrogen) atoms. The Kier molecular flexibility index (Phi) is 4.33. The van der Waals surface area contributed by atoms with Gasteiger partial charge in [0, 0.05) is 34.7 Å². The Hall–Kier alpha value is -0.280. The predicted molar refractivity (Wildman–Crippen MR) is 79.0 cm³/mol. The lowest BCUT2D eigenvalue weighted by Gasteiger charge is -2.33. The molecule has 1 aliphatic heterocycles. The minimum atomic E-state index is 0.465. The molecule has 1 aromatic carbocycles. The normalized spacial score (nSPS) is 27.5. The molecule has 0 bridgehead atoms. The van der Waals surface area contributed by atoms with Gasteiger partial charge >= 0.3 is 0 Å². The molecule has 2 atom stereocenters. The van der Waals surface area contributed by atoms with Gasteiger partial charge in [0.1, 0.15) is 0 Å². The third-order valence-electron chi connectivity index (χ3n) is 4.03. The molecule has 1 aromatic rings. The molecule has 0 radical (unpaired) electrons. The molecule has 1 N–H and O–H groups in total. The van der Waals surface area contributed by atoms with Gasteiger partial charge in [-0.15, -0.1) is 0 Å². The second kappa shape index (κ2) is 6.01. The molecule has 4 heteroatoms. The number of rotatable bonds is 4.